The van der Waals surface area contributed by atoms with Crippen molar-refractivity contribution >= 4 is 17.4 Å². The number of ketones is 1. The molecule has 176 valence electrons. The first kappa shape index (κ1) is 24.1. The molecule has 2 aromatic carbocycles. The summed E-state index contributed by atoms with van der Waals surface area (Å²) in [5.41, 5.74) is 0.979. The van der Waals surface area contributed by atoms with Gasteiger partial charge in [-0.1, -0.05) is 12.1 Å². The summed E-state index contributed by atoms with van der Waals surface area (Å²) in [6, 6.07) is 11.2. The van der Waals surface area contributed by atoms with Gasteiger partial charge in [-0.25, -0.2) is 0 Å². The number of para-hydroxylation sites is 1. The molecule has 2 aromatic rings. The van der Waals surface area contributed by atoms with E-state index in [4.69, 9.17) is 14.2 Å². The van der Waals surface area contributed by atoms with Crippen molar-refractivity contribution in [3.8, 4) is 17.2 Å². The maximum absolute atomic E-state index is 13.2. The van der Waals surface area contributed by atoms with Crippen molar-refractivity contribution in [3.63, 3.8) is 0 Å². The Bertz CT molecular complexity index is 1050. The van der Waals surface area contributed by atoms with Gasteiger partial charge in [-0.2, -0.15) is 0 Å². The van der Waals surface area contributed by atoms with Gasteiger partial charge in [-0.05, 0) is 51.4 Å². The first-order chi connectivity index (χ1) is 15.8. The van der Waals surface area contributed by atoms with Crippen LogP contribution >= 0.6 is 0 Å². The molecule has 8 nitrogen and oxygen atoms in total. The maximum Gasteiger partial charge on any atom is 0.295 e. The van der Waals surface area contributed by atoms with Crippen molar-refractivity contribution in [3.05, 3.63) is 59.2 Å². The summed E-state index contributed by atoms with van der Waals surface area (Å²) in [6.45, 7) is 3.23. The number of hydrogen-bond acceptors (Lipinski definition) is 7. The van der Waals surface area contributed by atoms with E-state index in [0.717, 1.165) is 0 Å². The lowest BCUT2D eigenvalue weighted by Crippen LogP contribution is -2.35. The molecule has 1 amide bonds. The van der Waals surface area contributed by atoms with Gasteiger partial charge in [0.2, 0.25) is 0 Å². The van der Waals surface area contributed by atoms with E-state index in [0.29, 0.717) is 48.1 Å². The minimum atomic E-state index is -0.832. The predicted molar refractivity (Wildman–Crippen MR) is 125 cm³/mol. The number of aliphatic hydroxyl groups excluding tert-OH is 1. The van der Waals surface area contributed by atoms with Gasteiger partial charge in [0.05, 0.1) is 32.4 Å². The largest absolute Gasteiger partial charge is 0.507 e. The molecule has 1 N–H and O–H groups in total. The van der Waals surface area contributed by atoms with Crippen LogP contribution in [0.4, 0.5) is 0 Å². The molecule has 0 aliphatic carbocycles. The van der Waals surface area contributed by atoms with Gasteiger partial charge in [-0.3, -0.25) is 9.59 Å². The summed E-state index contributed by atoms with van der Waals surface area (Å²) in [5, 5.41) is 11.2. The number of nitrogens with zero attached hydrogens (tertiary/aromatic N) is 2. The molecule has 8 heteroatoms. The monoisotopic (exact) mass is 454 g/mol. The van der Waals surface area contributed by atoms with E-state index in [9.17, 15) is 14.7 Å². The van der Waals surface area contributed by atoms with E-state index in [2.05, 4.69) is 0 Å². The number of ether oxygens (including phenoxy) is 3. The molecule has 0 aromatic heterocycles. The van der Waals surface area contributed by atoms with Crippen LogP contribution in [0.3, 0.4) is 0 Å². The number of carbonyl (C=O) groups excluding carboxylic acids is 2. The van der Waals surface area contributed by atoms with Crippen LogP contribution in [0.15, 0.2) is 48.0 Å². The summed E-state index contributed by atoms with van der Waals surface area (Å²) in [4.78, 5) is 29.6. The maximum atomic E-state index is 13.2. The fraction of sp³-hybridized carbons (Fsp3) is 0.360. The molecule has 0 saturated carbocycles. The lowest BCUT2D eigenvalue weighted by atomic mass is 9.94. The molecule has 33 heavy (non-hydrogen) atoms. The van der Waals surface area contributed by atoms with Crippen molar-refractivity contribution < 1.29 is 28.9 Å². The summed E-state index contributed by atoms with van der Waals surface area (Å²) in [7, 11) is 6.79. The van der Waals surface area contributed by atoms with Crippen LogP contribution in [0, 0.1) is 0 Å². The van der Waals surface area contributed by atoms with Gasteiger partial charge in [0.25, 0.3) is 11.7 Å². The zero-order chi connectivity index (χ0) is 24.1. The number of methoxy groups -OCH3 is 2. The lowest BCUT2D eigenvalue weighted by Gasteiger charge is -2.28. The van der Waals surface area contributed by atoms with E-state index in [-0.39, 0.29) is 11.3 Å². The van der Waals surface area contributed by atoms with E-state index in [1.54, 1.807) is 42.5 Å². The SMILES string of the molecule is CCOc1ccc(C(O)=C2C(=O)C(=O)N(CCN(C)C)[C@@H]2c2cccc(OC)c2OC)cc1. The normalized spacial score (nSPS) is 17.5. The van der Waals surface area contributed by atoms with Crippen molar-refractivity contribution in [1.29, 1.82) is 0 Å². The van der Waals surface area contributed by atoms with E-state index in [1.807, 2.05) is 25.9 Å². The van der Waals surface area contributed by atoms with Gasteiger partial charge >= 0.3 is 0 Å². The van der Waals surface area contributed by atoms with Crippen LogP contribution < -0.4 is 14.2 Å². The first-order valence-electron chi connectivity index (χ1n) is 10.7. The van der Waals surface area contributed by atoms with Crippen LogP contribution in [0.25, 0.3) is 5.76 Å². The Morgan fingerprint density at radius 3 is 2.33 bits per heavy atom. The van der Waals surface area contributed by atoms with Crippen molar-refractivity contribution in [2.24, 2.45) is 0 Å². The molecule has 0 radical (unpaired) electrons. The molecule has 0 spiro atoms. The molecule has 1 aliphatic rings. The number of hydrogen-bond donors (Lipinski definition) is 1. The number of benzene rings is 2. The number of aliphatic hydroxyl groups is 1. The third-order valence-corrected chi connectivity index (χ3v) is 5.49. The minimum absolute atomic E-state index is 0.00877. The van der Waals surface area contributed by atoms with E-state index >= 15 is 0 Å². The average Bonchev–Trinajstić information content (AvgIpc) is 3.06. The third kappa shape index (κ3) is 4.80. The second kappa shape index (κ2) is 10.4. The predicted octanol–water partition coefficient (Wildman–Crippen LogP) is 3.09. The van der Waals surface area contributed by atoms with Crippen LogP contribution in [-0.2, 0) is 9.59 Å². The zero-order valence-corrected chi connectivity index (χ0v) is 19.6. The fourth-order valence-corrected chi connectivity index (χ4v) is 3.90. The Balaban J connectivity index is 2.19. The molecule has 0 bridgehead atoms. The molecule has 1 fully saturated rings. The fourth-order valence-electron chi connectivity index (χ4n) is 3.90. The number of Topliss-reactive ketones (excluding diaryl/α,β-unsaturated/α-hetero) is 1. The second-order valence-electron chi connectivity index (χ2n) is 7.84. The first-order valence-corrected chi connectivity index (χ1v) is 10.7. The number of carbonyl (C=O) groups is 2. The Labute approximate surface area is 194 Å². The summed E-state index contributed by atoms with van der Waals surface area (Å²) in [5.74, 6) is -0.145. The number of amides is 1. The molecule has 3 rings (SSSR count). The van der Waals surface area contributed by atoms with Crippen molar-refractivity contribution in [1.82, 2.24) is 9.80 Å². The number of likely N-dealkylation sites (N-methyl/N-ethyl adjacent to an activating group) is 1. The highest BCUT2D eigenvalue weighted by atomic mass is 16.5. The van der Waals surface area contributed by atoms with Crippen LogP contribution in [-0.4, -0.2) is 74.6 Å². The molecule has 1 heterocycles. The van der Waals surface area contributed by atoms with Crippen molar-refractivity contribution in [2.75, 3.05) is 48.0 Å². The summed E-state index contributed by atoms with van der Waals surface area (Å²) in [6.07, 6.45) is 0. The zero-order valence-electron chi connectivity index (χ0n) is 19.6. The quantitative estimate of drug-likeness (QED) is 0.354. The molecule has 0 unspecified atom stereocenters. The highest BCUT2D eigenvalue weighted by Gasteiger charge is 2.47. The molecule has 1 saturated heterocycles. The minimum Gasteiger partial charge on any atom is -0.507 e. The smallest absolute Gasteiger partial charge is 0.295 e. The van der Waals surface area contributed by atoms with Gasteiger partial charge in [0.15, 0.2) is 11.5 Å². The van der Waals surface area contributed by atoms with Gasteiger partial charge in [0, 0.05) is 24.2 Å². The van der Waals surface area contributed by atoms with Gasteiger partial charge < -0.3 is 29.1 Å². The Hall–Kier alpha value is -3.52. The Morgan fingerprint density at radius 2 is 1.76 bits per heavy atom. The average molecular weight is 455 g/mol. The lowest BCUT2D eigenvalue weighted by molar-refractivity contribution is -0.140. The van der Waals surface area contributed by atoms with Crippen molar-refractivity contribution in [2.45, 2.75) is 13.0 Å². The Kier molecular flexibility index (Phi) is 7.60. The van der Waals surface area contributed by atoms with E-state index in [1.165, 1.54) is 19.1 Å². The number of rotatable bonds is 9. The van der Waals surface area contributed by atoms with Gasteiger partial charge in [0.1, 0.15) is 11.5 Å². The standard InChI is InChI=1S/C25H30N2O6/c1-6-33-17-12-10-16(11-13-17)22(28)20-21(18-8-7-9-19(31-4)24(18)32-5)27(15-14-26(2)3)25(30)23(20)29/h7-13,21,28H,6,14-15H2,1-5H3/t21-/m1/s1. The molecular weight excluding hydrogens is 424 g/mol. The van der Waals surface area contributed by atoms with Gasteiger partial charge in [-0.15, -0.1) is 0 Å². The van der Waals surface area contributed by atoms with E-state index < -0.39 is 17.7 Å². The molecule has 1 aliphatic heterocycles. The topological polar surface area (TPSA) is 88.5 Å². The highest BCUT2D eigenvalue weighted by Crippen LogP contribution is 2.45. The van der Waals surface area contributed by atoms with Crippen LogP contribution in [0.5, 0.6) is 17.2 Å². The molecule has 1 atom stereocenters. The summed E-state index contributed by atoms with van der Waals surface area (Å²) < 4.78 is 16.5. The Morgan fingerprint density at radius 1 is 1.06 bits per heavy atom. The van der Waals surface area contributed by atoms with Crippen LogP contribution in [0.2, 0.25) is 0 Å². The van der Waals surface area contributed by atoms with Crippen LogP contribution in [0.1, 0.15) is 24.1 Å². The molecular formula is C25H30N2O6. The summed E-state index contributed by atoms with van der Waals surface area (Å²) >= 11 is 0. The number of likely N-dealkylation sites (tertiary alicyclic amines) is 1. The highest BCUT2D eigenvalue weighted by molar-refractivity contribution is 6.46. The third-order valence-electron chi connectivity index (χ3n) is 5.49. The second-order valence-corrected chi connectivity index (χ2v) is 7.84.